The van der Waals surface area contributed by atoms with Crippen molar-refractivity contribution < 1.29 is 0 Å². The number of benzene rings is 10. The molecule has 1 spiro atoms. The van der Waals surface area contributed by atoms with Gasteiger partial charge in [0.2, 0.25) is 0 Å². The van der Waals surface area contributed by atoms with Crippen LogP contribution in [0, 0.1) is 11.3 Å². The van der Waals surface area contributed by atoms with Crippen LogP contribution < -0.4 is 0 Å². The van der Waals surface area contributed by atoms with E-state index in [0.717, 1.165) is 22.3 Å². The highest BCUT2D eigenvalue weighted by Gasteiger charge is 2.52. The third-order valence-electron chi connectivity index (χ3n) is 13.5. The molecule has 2 aromatic heterocycles. The van der Waals surface area contributed by atoms with Crippen LogP contribution in [-0.2, 0) is 5.41 Å². The molecule has 0 saturated carbocycles. The van der Waals surface area contributed by atoms with Crippen LogP contribution in [0.4, 0.5) is 0 Å². The summed E-state index contributed by atoms with van der Waals surface area (Å²) >= 11 is 1.86. The number of thiophene rings is 1. The highest BCUT2D eigenvalue weighted by atomic mass is 32.1. The molecule has 2 nitrogen and oxygen atoms in total. The Morgan fingerprint density at radius 3 is 1.81 bits per heavy atom. The fourth-order valence-corrected chi connectivity index (χ4v) is 12.6. The highest BCUT2D eigenvalue weighted by Crippen LogP contribution is 2.64. The second-order valence-corrected chi connectivity index (χ2v) is 17.3. The Bertz CT molecular complexity index is 3830. The Balaban J connectivity index is 1.09. The zero-order valence-electron chi connectivity index (χ0n) is 31.6. The largest absolute Gasteiger partial charge is 0.309 e. The molecule has 0 fully saturated rings. The summed E-state index contributed by atoms with van der Waals surface area (Å²) < 4.78 is 5.02. The van der Waals surface area contributed by atoms with E-state index in [1.165, 1.54) is 103 Å². The second kappa shape index (κ2) is 11.1. The maximum absolute atomic E-state index is 10.7. The molecule has 2 aliphatic rings. The van der Waals surface area contributed by atoms with Gasteiger partial charge >= 0.3 is 0 Å². The fraction of sp³-hybridized carbons (Fsp3) is 0.0179. The number of hydrogen-bond donors (Lipinski definition) is 0. The number of nitrogens with zero attached hydrogens (tertiary/aromatic N) is 2. The number of rotatable bonds is 2. The molecule has 3 heteroatoms. The van der Waals surface area contributed by atoms with Crippen LogP contribution in [0.2, 0.25) is 0 Å². The predicted molar refractivity (Wildman–Crippen MR) is 246 cm³/mol. The van der Waals surface area contributed by atoms with E-state index in [0.29, 0.717) is 5.56 Å². The van der Waals surface area contributed by atoms with E-state index in [1.54, 1.807) is 0 Å². The first-order valence-electron chi connectivity index (χ1n) is 20.2. The predicted octanol–water partition coefficient (Wildman–Crippen LogP) is 14.8. The summed E-state index contributed by atoms with van der Waals surface area (Å²) in [4.78, 5) is 0. The van der Waals surface area contributed by atoms with Gasteiger partial charge < -0.3 is 4.57 Å². The summed E-state index contributed by atoms with van der Waals surface area (Å²) in [6.07, 6.45) is 0. The lowest BCUT2D eigenvalue weighted by Crippen LogP contribution is -2.25. The highest BCUT2D eigenvalue weighted by molar-refractivity contribution is 7.26. The van der Waals surface area contributed by atoms with Crippen molar-refractivity contribution in [3.63, 3.8) is 0 Å². The fourth-order valence-electron chi connectivity index (χ4n) is 11.4. The Morgan fingerprint density at radius 2 is 1.05 bits per heavy atom. The SMILES string of the molecule is N#Cc1cc(-c2cc3sc4cccc5c6ccccc6c(c2)c3c45)cc(-n2c3ccccc3c3ccc4c(c32)-c2ccccc2C42c3ccccc3-c3ccccc32)c1. The lowest BCUT2D eigenvalue weighted by molar-refractivity contribution is 0.794. The van der Waals surface area contributed by atoms with E-state index in [1.807, 2.05) is 11.3 Å². The molecule has 0 saturated heterocycles. The normalized spacial score (nSPS) is 13.5. The molecular formula is C56H30N2S. The van der Waals surface area contributed by atoms with Crippen LogP contribution >= 0.6 is 11.3 Å². The van der Waals surface area contributed by atoms with Crippen molar-refractivity contribution in [3.8, 4) is 45.1 Å². The standard InChI is InChI=1S/C56H30N2S/c57-31-32-26-33(34-29-44-37-13-2-1-12-36(37)41-18-11-23-50-53(41)54(44)51(30-34)59-50)28-35(27-32)58-49-22-10-6-16-40(49)42-24-25-48-52(55(42)58)43-17-5-9-21-47(43)56(48)45-19-7-3-14-38(45)39-15-4-8-20-46(39)56/h1-30H. The lowest BCUT2D eigenvalue weighted by Gasteiger charge is -2.30. The average molecular weight is 763 g/mol. The molecule has 14 rings (SSSR count). The first-order chi connectivity index (χ1) is 29.2. The van der Waals surface area contributed by atoms with Crippen LogP contribution in [0.1, 0.15) is 27.8 Å². The van der Waals surface area contributed by atoms with Gasteiger partial charge in [0.1, 0.15) is 0 Å². The van der Waals surface area contributed by atoms with E-state index in [9.17, 15) is 5.26 Å². The van der Waals surface area contributed by atoms with Gasteiger partial charge in [-0.15, -0.1) is 11.3 Å². The van der Waals surface area contributed by atoms with Gasteiger partial charge in [0, 0.05) is 42.2 Å². The quantitative estimate of drug-likeness (QED) is 0.161. The van der Waals surface area contributed by atoms with Gasteiger partial charge in [-0.2, -0.15) is 5.26 Å². The number of nitriles is 1. The number of aromatic nitrogens is 1. The van der Waals surface area contributed by atoms with Crippen LogP contribution in [0.5, 0.6) is 0 Å². The van der Waals surface area contributed by atoms with E-state index in [2.05, 4.69) is 193 Å². The van der Waals surface area contributed by atoms with Gasteiger partial charge in [-0.25, -0.2) is 0 Å². The van der Waals surface area contributed by atoms with Crippen molar-refractivity contribution in [2.24, 2.45) is 0 Å². The van der Waals surface area contributed by atoms with Crippen molar-refractivity contribution in [2.75, 3.05) is 0 Å². The molecule has 0 amide bonds. The van der Waals surface area contributed by atoms with Crippen LogP contribution in [0.15, 0.2) is 182 Å². The minimum Gasteiger partial charge on any atom is -0.309 e. The van der Waals surface area contributed by atoms with Crippen LogP contribution in [0.3, 0.4) is 0 Å². The monoisotopic (exact) mass is 762 g/mol. The first-order valence-corrected chi connectivity index (χ1v) is 21.0. The Kier molecular flexibility index (Phi) is 5.94. The van der Waals surface area contributed by atoms with Crippen molar-refractivity contribution in [1.82, 2.24) is 4.57 Å². The van der Waals surface area contributed by atoms with Crippen molar-refractivity contribution in [1.29, 1.82) is 5.26 Å². The van der Waals surface area contributed by atoms with Gasteiger partial charge in [0.05, 0.1) is 28.1 Å². The van der Waals surface area contributed by atoms with E-state index < -0.39 is 5.41 Å². The summed E-state index contributed by atoms with van der Waals surface area (Å²) in [5.41, 5.74) is 16.0. The number of fused-ring (bicyclic) bond motifs is 17. The van der Waals surface area contributed by atoms with Gasteiger partial charge in [0.15, 0.2) is 0 Å². The lowest BCUT2D eigenvalue weighted by atomic mass is 9.70. The van der Waals surface area contributed by atoms with Gasteiger partial charge in [-0.1, -0.05) is 140 Å². The van der Waals surface area contributed by atoms with Crippen molar-refractivity contribution in [3.05, 3.63) is 210 Å². The smallest absolute Gasteiger partial charge is 0.0992 e. The Morgan fingerprint density at radius 1 is 0.441 bits per heavy atom. The Labute approximate surface area is 343 Å². The zero-order valence-corrected chi connectivity index (χ0v) is 32.4. The molecule has 2 aliphatic carbocycles. The molecule has 59 heavy (non-hydrogen) atoms. The first kappa shape index (κ1) is 31.6. The molecule has 0 bridgehead atoms. The van der Waals surface area contributed by atoms with Crippen molar-refractivity contribution >= 4 is 74.9 Å². The number of para-hydroxylation sites is 1. The third-order valence-corrected chi connectivity index (χ3v) is 14.6. The van der Waals surface area contributed by atoms with Gasteiger partial charge in [-0.3, -0.25) is 0 Å². The molecular weight excluding hydrogens is 733 g/mol. The molecule has 2 heterocycles. The molecule has 0 atom stereocenters. The topological polar surface area (TPSA) is 28.7 Å². The van der Waals surface area contributed by atoms with E-state index in [-0.39, 0.29) is 0 Å². The maximum atomic E-state index is 10.7. The van der Waals surface area contributed by atoms with E-state index >= 15 is 0 Å². The summed E-state index contributed by atoms with van der Waals surface area (Å²) in [5, 5.41) is 20.9. The molecule has 0 aliphatic heterocycles. The minimum atomic E-state index is -0.453. The second-order valence-electron chi connectivity index (χ2n) is 16.2. The zero-order chi connectivity index (χ0) is 38.6. The van der Waals surface area contributed by atoms with Gasteiger partial charge in [-0.05, 0) is 114 Å². The van der Waals surface area contributed by atoms with Gasteiger partial charge in [0.25, 0.3) is 0 Å². The number of hydrogen-bond acceptors (Lipinski definition) is 2. The molecule has 270 valence electrons. The summed E-state index contributed by atoms with van der Waals surface area (Å²) in [5.74, 6) is 0. The molecule has 12 aromatic rings. The minimum absolute atomic E-state index is 0.453. The van der Waals surface area contributed by atoms with Crippen molar-refractivity contribution in [2.45, 2.75) is 5.41 Å². The molecule has 10 aromatic carbocycles. The molecule has 0 radical (unpaired) electrons. The Hall–Kier alpha value is -7.51. The summed E-state index contributed by atoms with van der Waals surface area (Å²) in [7, 11) is 0. The average Bonchev–Trinajstić information content (AvgIpc) is 4.02. The van der Waals surface area contributed by atoms with Crippen LogP contribution in [-0.4, -0.2) is 4.57 Å². The maximum Gasteiger partial charge on any atom is 0.0992 e. The third kappa shape index (κ3) is 3.81. The summed E-state index contributed by atoms with van der Waals surface area (Å²) in [6.45, 7) is 0. The molecule has 0 N–H and O–H groups in total. The van der Waals surface area contributed by atoms with E-state index in [4.69, 9.17) is 0 Å². The van der Waals surface area contributed by atoms with Crippen LogP contribution in [0.25, 0.3) is 103 Å². The summed E-state index contributed by atoms with van der Waals surface area (Å²) in [6, 6.07) is 69.8. The molecule has 0 unspecified atom stereocenters.